The van der Waals surface area contributed by atoms with Gasteiger partial charge >= 0.3 is 0 Å². The minimum atomic E-state index is 0.354. The summed E-state index contributed by atoms with van der Waals surface area (Å²) in [6.07, 6.45) is 0.932. The molecular weight excluding hydrogens is 231 g/mol. The minimum Gasteiger partial charge on any atom is -0.329 e. The molecule has 4 heteroatoms. The van der Waals surface area contributed by atoms with Gasteiger partial charge in [0.15, 0.2) is 0 Å². The van der Waals surface area contributed by atoms with Crippen molar-refractivity contribution in [2.75, 3.05) is 13.1 Å². The van der Waals surface area contributed by atoms with Crippen LogP contribution in [0.4, 0.5) is 0 Å². The normalized spacial score (nSPS) is 12.8. The monoisotopic (exact) mass is 246 g/mol. The van der Waals surface area contributed by atoms with Crippen molar-refractivity contribution in [3.05, 3.63) is 33.8 Å². The van der Waals surface area contributed by atoms with Crippen LogP contribution in [-0.2, 0) is 6.42 Å². The first-order chi connectivity index (χ1) is 7.13. The van der Waals surface area contributed by atoms with Gasteiger partial charge in [0.25, 0.3) is 0 Å². The van der Waals surface area contributed by atoms with E-state index in [0.717, 1.165) is 13.0 Å². The van der Waals surface area contributed by atoms with E-state index >= 15 is 0 Å². The van der Waals surface area contributed by atoms with Crippen LogP contribution in [-0.4, -0.2) is 19.1 Å². The first-order valence-corrected chi connectivity index (χ1v) is 5.76. The Kier molecular flexibility index (Phi) is 5.40. The molecule has 0 unspecified atom stereocenters. The minimum absolute atomic E-state index is 0.354. The van der Waals surface area contributed by atoms with Crippen LogP contribution in [0.25, 0.3) is 0 Å². The van der Waals surface area contributed by atoms with E-state index in [2.05, 4.69) is 12.2 Å². The number of halogens is 2. The highest BCUT2D eigenvalue weighted by molar-refractivity contribution is 6.42. The number of nitrogens with two attached hydrogens (primary N) is 1. The van der Waals surface area contributed by atoms with Gasteiger partial charge in [0.05, 0.1) is 10.0 Å². The molecule has 0 aromatic heterocycles. The lowest BCUT2D eigenvalue weighted by Gasteiger charge is -2.11. The quantitative estimate of drug-likeness (QED) is 0.838. The summed E-state index contributed by atoms with van der Waals surface area (Å²) >= 11 is 11.7. The summed E-state index contributed by atoms with van der Waals surface area (Å²) in [6.45, 7) is 3.62. The third-order valence-corrected chi connectivity index (χ3v) is 2.98. The Morgan fingerprint density at radius 1 is 1.33 bits per heavy atom. The highest BCUT2D eigenvalue weighted by Gasteiger charge is 2.01. The summed E-state index contributed by atoms with van der Waals surface area (Å²) in [5, 5.41) is 4.53. The van der Waals surface area contributed by atoms with Gasteiger partial charge in [-0.05, 0) is 37.6 Å². The van der Waals surface area contributed by atoms with Crippen molar-refractivity contribution in [1.29, 1.82) is 0 Å². The van der Waals surface area contributed by atoms with Crippen LogP contribution >= 0.6 is 23.2 Å². The summed E-state index contributed by atoms with van der Waals surface area (Å²) in [5.41, 5.74) is 6.68. The van der Waals surface area contributed by atoms with Crippen molar-refractivity contribution in [3.63, 3.8) is 0 Å². The summed E-state index contributed by atoms with van der Waals surface area (Å²) in [6, 6.07) is 6.07. The maximum absolute atomic E-state index is 5.91. The first-order valence-electron chi connectivity index (χ1n) is 5.01. The van der Waals surface area contributed by atoms with Gasteiger partial charge in [-0.2, -0.15) is 0 Å². The fourth-order valence-electron chi connectivity index (χ4n) is 1.24. The van der Waals surface area contributed by atoms with E-state index in [9.17, 15) is 0 Å². The molecule has 1 atom stereocenters. The smallest absolute Gasteiger partial charge is 0.0595 e. The number of benzene rings is 1. The molecule has 1 aromatic rings. The zero-order chi connectivity index (χ0) is 11.3. The van der Waals surface area contributed by atoms with Gasteiger partial charge in [0.2, 0.25) is 0 Å². The van der Waals surface area contributed by atoms with Crippen molar-refractivity contribution in [1.82, 2.24) is 5.32 Å². The molecular formula is C11H16Cl2N2. The Labute approximate surface area is 101 Å². The number of rotatable bonds is 5. The topological polar surface area (TPSA) is 38.0 Å². The molecule has 1 rings (SSSR count). The average molecular weight is 247 g/mol. The maximum atomic E-state index is 5.91. The molecule has 2 nitrogen and oxygen atoms in total. The van der Waals surface area contributed by atoms with Gasteiger partial charge < -0.3 is 11.1 Å². The van der Waals surface area contributed by atoms with Crippen molar-refractivity contribution in [2.45, 2.75) is 19.4 Å². The maximum Gasteiger partial charge on any atom is 0.0595 e. The van der Waals surface area contributed by atoms with Gasteiger partial charge in [-0.1, -0.05) is 29.3 Å². The molecule has 3 N–H and O–H groups in total. The largest absolute Gasteiger partial charge is 0.329 e. The first kappa shape index (κ1) is 12.8. The summed E-state index contributed by atoms with van der Waals surface area (Å²) in [7, 11) is 0. The third-order valence-electron chi connectivity index (χ3n) is 2.24. The van der Waals surface area contributed by atoms with Gasteiger partial charge in [0, 0.05) is 12.6 Å². The molecule has 0 spiro atoms. The second-order valence-corrected chi connectivity index (χ2v) is 4.40. The number of hydrogen-bond acceptors (Lipinski definition) is 2. The molecule has 0 aliphatic heterocycles. The lowest BCUT2D eigenvalue weighted by atomic mass is 10.1. The van der Waals surface area contributed by atoms with Gasteiger partial charge in [-0.15, -0.1) is 0 Å². The highest BCUT2D eigenvalue weighted by Crippen LogP contribution is 2.22. The van der Waals surface area contributed by atoms with Crippen LogP contribution in [0.3, 0.4) is 0 Å². The molecule has 0 amide bonds. The van der Waals surface area contributed by atoms with Crippen LogP contribution in [0.2, 0.25) is 10.0 Å². The summed E-state index contributed by atoms with van der Waals surface area (Å²) < 4.78 is 0. The molecule has 0 aliphatic rings. The van der Waals surface area contributed by atoms with E-state index < -0.39 is 0 Å². The van der Waals surface area contributed by atoms with Crippen LogP contribution in [0, 0.1) is 0 Å². The summed E-state index contributed by atoms with van der Waals surface area (Å²) in [5.74, 6) is 0. The lowest BCUT2D eigenvalue weighted by Crippen LogP contribution is -2.34. The molecule has 0 bridgehead atoms. The number of nitrogens with one attached hydrogen (secondary N) is 1. The standard InChI is InChI=1S/C11H16Cl2N2/c1-8(7-14)15-5-4-9-2-3-10(12)11(13)6-9/h2-3,6,8,15H,4-5,7,14H2,1H3/t8-/m0/s1. The Morgan fingerprint density at radius 2 is 2.07 bits per heavy atom. The zero-order valence-electron chi connectivity index (χ0n) is 8.76. The molecule has 0 saturated carbocycles. The van der Waals surface area contributed by atoms with E-state index in [-0.39, 0.29) is 0 Å². The zero-order valence-corrected chi connectivity index (χ0v) is 10.3. The van der Waals surface area contributed by atoms with Crippen LogP contribution in [0.15, 0.2) is 18.2 Å². The van der Waals surface area contributed by atoms with E-state index in [4.69, 9.17) is 28.9 Å². The van der Waals surface area contributed by atoms with Crippen molar-refractivity contribution < 1.29 is 0 Å². The van der Waals surface area contributed by atoms with Gasteiger partial charge in [-0.3, -0.25) is 0 Å². The molecule has 0 radical (unpaired) electrons. The van der Waals surface area contributed by atoms with Gasteiger partial charge in [0.1, 0.15) is 0 Å². The fourth-order valence-corrected chi connectivity index (χ4v) is 1.56. The predicted molar refractivity (Wildman–Crippen MR) is 66.7 cm³/mol. The molecule has 0 fully saturated rings. The van der Waals surface area contributed by atoms with E-state index in [1.807, 2.05) is 18.2 Å². The molecule has 15 heavy (non-hydrogen) atoms. The second kappa shape index (κ2) is 6.33. The van der Waals surface area contributed by atoms with Gasteiger partial charge in [-0.25, -0.2) is 0 Å². The van der Waals surface area contributed by atoms with E-state index in [1.54, 1.807) is 0 Å². The van der Waals surface area contributed by atoms with Crippen LogP contribution in [0.1, 0.15) is 12.5 Å². The number of hydrogen-bond donors (Lipinski definition) is 2. The molecule has 84 valence electrons. The van der Waals surface area contributed by atoms with Crippen molar-refractivity contribution in [2.24, 2.45) is 5.73 Å². The average Bonchev–Trinajstić information content (AvgIpc) is 2.23. The van der Waals surface area contributed by atoms with E-state index in [0.29, 0.717) is 22.6 Å². The van der Waals surface area contributed by atoms with Crippen molar-refractivity contribution in [3.8, 4) is 0 Å². The SMILES string of the molecule is C[C@@H](CN)NCCc1ccc(Cl)c(Cl)c1. The molecule has 0 saturated heterocycles. The van der Waals surface area contributed by atoms with Crippen LogP contribution in [0.5, 0.6) is 0 Å². The Bertz CT molecular complexity index is 315. The molecule has 0 aliphatic carbocycles. The van der Waals surface area contributed by atoms with Crippen LogP contribution < -0.4 is 11.1 Å². The van der Waals surface area contributed by atoms with E-state index in [1.165, 1.54) is 5.56 Å². The Balaban J connectivity index is 2.41. The third kappa shape index (κ3) is 4.39. The summed E-state index contributed by atoms with van der Waals surface area (Å²) in [4.78, 5) is 0. The molecule has 1 aromatic carbocycles. The highest BCUT2D eigenvalue weighted by atomic mass is 35.5. The van der Waals surface area contributed by atoms with Crippen molar-refractivity contribution >= 4 is 23.2 Å². The Morgan fingerprint density at radius 3 is 2.67 bits per heavy atom. The Hall–Kier alpha value is -0.280. The molecule has 0 heterocycles. The lowest BCUT2D eigenvalue weighted by molar-refractivity contribution is 0.559. The second-order valence-electron chi connectivity index (χ2n) is 3.59. The predicted octanol–water partition coefficient (Wildman–Crippen LogP) is 2.47. The fraction of sp³-hybridized carbons (Fsp3) is 0.455.